The van der Waals surface area contributed by atoms with E-state index in [1.165, 1.54) is 23.1 Å². The topological polar surface area (TPSA) is 78.5 Å². The summed E-state index contributed by atoms with van der Waals surface area (Å²) < 4.78 is 0. The molecule has 5 rings (SSSR count). The van der Waals surface area contributed by atoms with Crippen LogP contribution in [0.25, 0.3) is 6.08 Å². The maximum absolute atomic E-state index is 13.7. The van der Waals surface area contributed by atoms with Crippen molar-refractivity contribution in [1.29, 1.82) is 0 Å². The summed E-state index contributed by atoms with van der Waals surface area (Å²) in [6, 6.07) is 39.0. The average Bonchev–Trinajstić information content (AvgIpc) is 3.56. The minimum atomic E-state index is -0.442. The molecule has 0 saturated carbocycles. The number of thioether (sulfide) groups is 1. The average molecular weight is 604 g/mol. The van der Waals surface area contributed by atoms with Gasteiger partial charge in [-0.15, -0.1) is 23.1 Å². The van der Waals surface area contributed by atoms with E-state index in [1.54, 1.807) is 47.4 Å². The van der Waals surface area contributed by atoms with Gasteiger partial charge in [0.25, 0.3) is 11.8 Å². The van der Waals surface area contributed by atoms with E-state index in [4.69, 9.17) is 0 Å². The smallest absolute Gasteiger partial charge is 0.272 e. The summed E-state index contributed by atoms with van der Waals surface area (Å²) >= 11 is 2.91. The summed E-state index contributed by atoms with van der Waals surface area (Å²) in [5.41, 5.74) is 2.76. The Labute approximate surface area is 259 Å². The number of benzene rings is 4. The van der Waals surface area contributed by atoms with Gasteiger partial charge >= 0.3 is 0 Å². The van der Waals surface area contributed by atoms with E-state index in [9.17, 15) is 14.4 Å². The molecule has 0 aliphatic heterocycles. The van der Waals surface area contributed by atoms with Gasteiger partial charge in [-0.3, -0.25) is 19.3 Å². The van der Waals surface area contributed by atoms with Crippen LogP contribution in [0.1, 0.15) is 22.2 Å². The van der Waals surface area contributed by atoms with Gasteiger partial charge < -0.3 is 10.6 Å². The highest BCUT2D eigenvalue weighted by Crippen LogP contribution is 2.31. The number of thiophene rings is 1. The van der Waals surface area contributed by atoms with Crippen molar-refractivity contribution in [2.24, 2.45) is 0 Å². The molecule has 5 aromatic rings. The van der Waals surface area contributed by atoms with Crippen LogP contribution in [0.3, 0.4) is 0 Å². The van der Waals surface area contributed by atoms with Gasteiger partial charge in [-0.05, 0) is 85.1 Å². The number of rotatable bonds is 10. The van der Waals surface area contributed by atoms with Crippen LogP contribution in [0.4, 0.5) is 17.1 Å². The van der Waals surface area contributed by atoms with Crippen LogP contribution in [0.2, 0.25) is 0 Å². The molecular weight excluding hydrogens is 575 g/mol. The zero-order valence-corrected chi connectivity index (χ0v) is 25.0. The first-order valence-electron chi connectivity index (χ1n) is 13.6. The van der Waals surface area contributed by atoms with Crippen LogP contribution >= 0.6 is 23.1 Å². The number of para-hydroxylation sites is 2. The van der Waals surface area contributed by atoms with Crippen LogP contribution in [0.15, 0.2) is 143 Å². The minimum Gasteiger partial charge on any atom is -0.321 e. The van der Waals surface area contributed by atoms with Crippen molar-refractivity contribution >= 4 is 64.0 Å². The Balaban J connectivity index is 1.27. The molecule has 0 aliphatic carbocycles. The van der Waals surface area contributed by atoms with E-state index in [1.807, 2.05) is 103 Å². The Morgan fingerprint density at radius 2 is 1.33 bits per heavy atom. The fourth-order valence-corrected chi connectivity index (χ4v) is 5.83. The third-order valence-corrected chi connectivity index (χ3v) is 8.30. The zero-order chi connectivity index (χ0) is 30.0. The van der Waals surface area contributed by atoms with Crippen molar-refractivity contribution in [3.8, 4) is 0 Å². The first-order valence-corrected chi connectivity index (χ1v) is 15.4. The molecule has 6 nitrogen and oxygen atoms in total. The zero-order valence-electron chi connectivity index (χ0n) is 23.3. The molecule has 0 saturated heterocycles. The lowest BCUT2D eigenvalue weighted by Crippen LogP contribution is -2.32. The lowest BCUT2D eigenvalue weighted by Gasteiger charge is -2.26. The molecule has 0 fully saturated rings. The van der Waals surface area contributed by atoms with E-state index < -0.39 is 5.91 Å². The number of carbonyl (C=O) groups is 3. The maximum atomic E-state index is 13.7. The molecule has 0 aliphatic rings. The molecular formula is C35H29N3O3S2. The van der Waals surface area contributed by atoms with Gasteiger partial charge in [-0.25, -0.2) is 0 Å². The van der Waals surface area contributed by atoms with Crippen molar-refractivity contribution in [2.45, 2.75) is 17.1 Å². The molecule has 2 N–H and O–H groups in total. The Kier molecular flexibility index (Phi) is 9.84. The molecule has 1 atom stereocenters. The van der Waals surface area contributed by atoms with Gasteiger partial charge in [0.1, 0.15) is 5.70 Å². The third kappa shape index (κ3) is 7.88. The van der Waals surface area contributed by atoms with Gasteiger partial charge in [0, 0.05) is 32.4 Å². The summed E-state index contributed by atoms with van der Waals surface area (Å²) in [7, 11) is 0. The lowest BCUT2D eigenvalue weighted by atomic mass is 10.2. The van der Waals surface area contributed by atoms with Crippen LogP contribution in [0, 0.1) is 0 Å². The lowest BCUT2D eigenvalue weighted by molar-refractivity contribution is -0.117. The number of nitrogens with one attached hydrogen (secondary N) is 2. The molecule has 4 aromatic carbocycles. The molecule has 8 heteroatoms. The van der Waals surface area contributed by atoms with Crippen molar-refractivity contribution in [3.05, 3.63) is 149 Å². The van der Waals surface area contributed by atoms with Crippen LogP contribution in [-0.2, 0) is 9.59 Å². The summed E-state index contributed by atoms with van der Waals surface area (Å²) in [5, 5.41) is 7.15. The Bertz CT molecular complexity index is 1650. The van der Waals surface area contributed by atoms with E-state index in [0.29, 0.717) is 11.3 Å². The second-order valence-corrected chi connectivity index (χ2v) is 11.9. The second kappa shape index (κ2) is 14.3. The highest BCUT2D eigenvalue weighted by atomic mass is 32.2. The van der Waals surface area contributed by atoms with Crippen LogP contribution < -0.4 is 15.5 Å². The summed E-state index contributed by atoms with van der Waals surface area (Å²) in [5.74, 6) is -0.857. The van der Waals surface area contributed by atoms with Crippen molar-refractivity contribution in [3.63, 3.8) is 0 Å². The fourth-order valence-electron chi connectivity index (χ4n) is 4.27. The standard InChI is InChI=1S/C35H29N3O3S2/c1-25(35(41)38(28-14-7-3-8-15-28)29-16-9-4-10-17-29)43-30-21-19-27(20-22-30)36-34(40)32(24-31-18-11-23-42-31)37-33(39)26-12-5-2-6-13-26/h2-25H,1H3,(H,36,40)(H,37,39)/b32-24-. The van der Waals surface area contributed by atoms with E-state index in [0.717, 1.165) is 21.1 Å². The predicted octanol–water partition coefficient (Wildman–Crippen LogP) is 8.00. The normalized spacial score (nSPS) is 11.8. The third-order valence-electron chi connectivity index (χ3n) is 6.38. The van der Waals surface area contributed by atoms with Gasteiger partial charge in [-0.2, -0.15) is 0 Å². The highest BCUT2D eigenvalue weighted by molar-refractivity contribution is 8.00. The highest BCUT2D eigenvalue weighted by Gasteiger charge is 2.24. The van der Waals surface area contributed by atoms with Gasteiger partial charge in [0.05, 0.1) is 5.25 Å². The quantitative estimate of drug-likeness (QED) is 0.125. The summed E-state index contributed by atoms with van der Waals surface area (Å²) in [6.45, 7) is 1.89. The Hall–Kier alpha value is -4.92. The van der Waals surface area contributed by atoms with Gasteiger partial charge in [0.15, 0.2) is 0 Å². The van der Waals surface area contributed by atoms with E-state index >= 15 is 0 Å². The van der Waals surface area contributed by atoms with E-state index in [-0.39, 0.29) is 22.8 Å². The number of hydrogen-bond acceptors (Lipinski definition) is 5. The SMILES string of the molecule is CC(Sc1ccc(NC(=O)/C(=C/c2cccs2)NC(=O)c2ccccc2)cc1)C(=O)N(c1ccccc1)c1ccccc1. The fraction of sp³-hybridized carbons (Fsp3) is 0.0571. The number of anilines is 3. The molecule has 214 valence electrons. The van der Waals surface area contributed by atoms with E-state index in [2.05, 4.69) is 10.6 Å². The largest absolute Gasteiger partial charge is 0.321 e. The molecule has 0 spiro atoms. The number of hydrogen-bond donors (Lipinski definition) is 2. The van der Waals surface area contributed by atoms with Crippen LogP contribution in [0.5, 0.6) is 0 Å². The van der Waals surface area contributed by atoms with Crippen molar-refractivity contribution < 1.29 is 14.4 Å². The summed E-state index contributed by atoms with van der Waals surface area (Å²) in [6.07, 6.45) is 1.66. The molecule has 0 radical (unpaired) electrons. The first kappa shape index (κ1) is 29.6. The number of nitrogens with zero attached hydrogens (tertiary/aromatic N) is 1. The van der Waals surface area contributed by atoms with Crippen molar-refractivity contribution in [2.75, 3.05) is 10.2 Å². The Morgan fingerprint density at radius 1 is 0.744 bits per heavy atom. The number of amides is 3. The van der Waals surface area contributed by atoms with Crippen LogP contribution in [-0.4, -0.2) is 23.0 Å². The summed E-state index contributed by atoms with van der Waals surface area (Å²) in [4.78, 5) is 43.2. The molecule has 3 amide bonds. The molecule has 0 bridgehead atoms. The second-order valence-electron chi connectivity index (χ2n) is 9.48. The molecule has 43 heavy (non-hydrogen) atoms. The Morgan fingerprint density at radius 3 is 1.88 bits per heavy atom. The first-order chi connectivity index (χ1) is 21.0. The van der Waals surface area contributed by atoms with Gasteiger partial charge in [0.2, 0.25) is 5.91 Å². The molecule has 1 heterocycles. The monoisotopic (exact) mass is 603 g/mol. The molecule has 1 aromatic heterocycles. The van der Waals surface area contributed by atoms with Crippen molar-refractivity contribution in [1.82, 2.24) is 5.32 Å². The van der Waals surface area contributed by atoms with Gasteiger partial charge in [-0.1, -0.05) is 60.7 Å². The predicted molar refractivity (Wildman–Crippen MR) is 177 cm³/mol. The molecule has 1 unspecified atom stereocenters. The maximum Gasteiger partial charge on any atom is 0.272 e. The minimum absolute atomic E-state index is 0.0442. The number of carbonyl (C=O) groups excluding carboxylic acids is 3.